The molecule has 0 saturated heterocycles. The van der Waals surface area contributed by atoms with Crippen LogP contribution in [0, 0.1) is 0 Å². The Labute approximate surface area is 122 Å². The molecule has 1 heterocycles. The Balaban J connectivity index is 1.81. The molecular weight excluding hydrogens is 270 g/mol. The average molecular weight is 287 g/mol. The number of aryl methyl sites for hydroxylation is 1. The standard InChI is InChI=1S/C15H17N3OS/c16-18-13-5-2-1-4-11(13)15(19)17-12-6-3-7-14-10(12)8-9-20-14/h1-2,4-5,8-9,12,18H,3,6-7,16H2,(H,17,19). The number of nitrogen functional groups attached to an aromatic ring is 1. The minimum absolute atomic E-state index is 0.0809. The van der Waals surface area contributed by atoms with Gasteiger partial charge in [0.2, 0.25) is 0 Å². The molecule has 1 amide bonds. The third-order valence-corrected chi connectivity index (χ3v) is 4.68. The van der Waals surface area contributed by atoms with Crippen LogP contribution in [0.2, 0.25) is 0 Å². The number of benzene rings is 1. The molecule has 3 rings (SSSR count). The molecule has 1 aliphatic carbocycles. The Kier molecular flexibility index (Phi) is 3.71. The van der Waals surface area contributed by atoms with E-state index >= 15 is 0 Å². The first-order valence-electron chi connectivity index (χ1n) is 6.72. The van der Waals surface area contributed by atoms with Gasteiger partial charge in [0, 0.05) is 4.88 Å². The van der Waals surface area contributed by atoms with Crippen LogP contribution in [0.4, 0.5) is 5.69 Å². The Hall–Kier alpha value is -1.85. The molecule has 4 nitrogen and oxygen atoms in total. The summed E-state index contributed by atoms with van der Waals surface area (Å²) in [6, 6.07) is 9.50. The number of carbonyl (C=O) groups is 1. The highest BCUT2D eigenvalue weighted by Crippen LogP contribution is 2.33. The summed E-state index contributed by atoms with van der Waals surface area (Å²) in [4.78, 5) is 13.8. The van der Waals surface area contributed by atoms with Gasteiger partial charge < -0.3 is 10.7 Å². The van der Waals surface area contributed by atoms with E-state index in [-0.39, 0.29) is 11.9 Å². The number of para-hydroxylation sites is 1. The van der Waals surface area contributed by atoms with Crippen molar-refractivity contribution in [1.82, 2.24) is 5.32 Å². The highest BCUT2D eigenvalue weighted by Gasteiger charge is 2.23. The highest BCUT2D eigenvalue weighted by atomic mass is 32.1. The van der Waals surface area contributed by atoms with Gasteiger partial charge in [-0.25, -0.2) is 0 Å². The smallest absolute Gasteiger partial charge is 0.253 e. The monoisotopic (exact) mass is 287 g/mol. The fourth-order valence-electron chi connectivity index (χ4n) is 2.68. The Morgan fingerprint density at radius 1 is 1.30 bits per heavy atom. The second kappa shape index (κ2) is 5.64. The lowest BCUT2D eigenvalue weighted by Gasteiger charge is -2.24. The highest BCUT2D eigenvalue weighted by molar-refractivity contribution is 7.10. The molecule has 0 radical (unpaired) electrons. The fraction of sp³-hybridized carbons (Fsp3) is 0.267. The van der Waals surface area contributed by atoms with Crippen LogP contribution >= 0.6 is 11.3 Å². The normalized spacial score (nSPS) is 17.4. The molecular formula is C15H17N3OS. The van der Waals surface area contributed by atoms with E-state index in [9.17, 15) is 4.79 Å². The number of thiophene rings is 1. The number of nitrogens with two attached hydrogens (primary N) is 1. The van der Waals surface area contributed by atoms with Gasteiger partial charge in [-0.15, -0.1) is 11.3 Å². The van der Waals surface area contributed by atoms with Crippen molar-refractivity contribution in [3.8, 4) is 0 Å². The van der Waals surface area contributed by atoms with Gasteiger partial charge in [-0.1, -0.05) is 12.1 Å². The third-order valence-electron chi connectivity index (χ3n) is 3.68. The molecule has 0 aliphatic heterocycles. The third kappa shape index (κ3) is 2.42. The predicted molar refractivity (Wildman–Crippen MR) is 81.7 cm³/mol. The summed E-state index contributed by atoms with van der Waals surface area (Å²) in [5.41, 5.74) is 5.07. The summed E-state index contributed by atoms with van der Waals surface area (Å²) in [6.07, 6.45) is 3.24. The molecule has 0 saturated carbocycles. The minimum Gasteiger partial charge on any atom is -0.345 e. The molecule has 0 fully saturated rings. The van der Waals surface area contributed by atoms with Crippen molar-refractivity contribution in [3.63, 3.8) is 0 Å². The van der Waals surface area contributed by atoms with Gasteiger partial charge in [-0.3, -0.25) is 10.6 Å². The molecule has 1 aromatic heterocycles. The first-order chi connectivity index (χ1) is 9.79. The van der Waals surface area contributed by atoms with Gasteiger partial charge in [0.25, 0.3) is 5.91 Å². The molecule has 1 aromatic carbocycles. The van der Waals surface area contributed by atoms with E-state index in [2.05, 4.69) is 22.2 Å². The van der Waals surface area contributed by atoms with Crippen LogP contribution in [-0.2, 0) is 6.42 Å². The zero-order valence-corrected chi connectivity index (χ0v) is 11.9. The lowest BCUT2D eigenvalue weighted by molar-refractivity contribution is 0.0933. The summed E-state index contributed by atoms with van der Waals surface area (Å²) >= 11 is 1.78. The zero-order chi connectivity index (χ0) is 13.9. The molecule has 5 heteroatoms. The van der Waals surface area contributed by atoms with Crippen molar-refractivity contribution in [2.24, 2.45) is 5.84 Å². The number of hydrogen-bond acceptors (Lipinski definition) is 4. The number of fused-ring (bicyclic) bond motifs is 1. The molecule has 1 aliphatic rings. The van der Waals surface area contributed by atoms with Gasteiger partial charge >= 0.3 is 0 Å². The van der Waals surface area contributed by atoms with Crippen LogP contribution in [0.5, 0.6) is 0 Å². The molecule has 4 N–H and O–H groups in total. The van der Waals surface area contributed by atoms with Crippen LogP contribution in [-0.4, -0.2) is 5.91 Å². The predicted octanol–water partition coefficient (Wildman–Crippen LogP) is 2.84. The lowest BCUT2D eigenvalue weighted by atomic mass is 9.94. The molecule has 1 unspecified atom stereocenters. The average Bonchev–Trinajstić information content (AvgIpc) is 2.96. The Morgan fingerprint density at radius 3 is 3.00 bits per heavy atom. The molecule has 1 atom stereocenters. The number of nitrogens with one attached hydrogen (secondary N) is 2. The molecule has 20 heavy (non-hydrogen) atoms. The molecule has 2 aromatic rings. The summed E-state index contributed by atoms with van der Waals surface area (Å²) in [7, 11) is 0. The van der Waals surface area contributed by atoms with Gasteiger partial charge in [0.15, 0.2) is 0 Å². The second-order valence-electron chi connectivity index (χ2n) is 4.91. The van der Waals surface area contributed by atoms with Crippen LogP contribution < -0.4 is 16.6 Å². The van der Waals surface area contributed by atoms with Crippen molar-refractivity contribution < 1.29 is 4.79 Å². The molecule has 0 spiro atoms. The number of hydrazine groups is 1. The Morgan fingerprint density at radius 2 is 2.15 bits per heavy atom. The van der Waals surface area contributed by atoms with E-state index in [1.54, 1.807) is 23.5 Å². The number of amides is 1. The fourth-order valence-corrected chi connectivity index (χ4v) is 3.67. The quantitative estimate of drug-likeness (QED) is 0.600. The summed E-state index contributed by atoms with van der Waals surface area (Å²) < 4.78 is 0. The first kappa shape index (κ1) is 13.1. The largest absolute Gasteiger partial charge is 0.345 e. The Bertz CT molecular complexity index is 623. The van der Waals surface area contributed by atoms with E-state index in [0.29, 0.717) is 11.3 Å². The van der Waals surface area contributed by atoms with Crippen LogP contribution in [0.15, 0.2) is 35.7 Å². The van der Waals surface area contributed by atoms with E-state index in [1.807, 2.05) is 12.1 Å². The van der Waals surface area contributed by atoms with Crippen molar-refractivity contribution >= 4 is 22.9 Å². The maximum absolute atomic E-state index is 12.4. The van der Waals surface area contributed by atoms with E-state index in [1.165, 1.54) is 10.4 Å². The topological polar surface area (TPSA) is 67.1 Å². The summed E-state index contributed by atoms with van der Waals surface area (Å²) in [6.45, 7) is 0. The summed E-state index contributed by atoms with van der Waals surface area (Å²) in [5.74, 6) is 5.37. The van der Waals surface area contributed by atoms with Crippen LogP contribution in [0.25, 0.3) is 0 Å². The second-order valence-corrected chi connectivity index (χ2v) is 5.91. The zero-order valence-electron chi connectivity index (χ0n) is 11.1. The van der Waals surface area contributed by atoms with Crippen molar-refractivity contribution in [2.75, 3.05) is 5.43 Å². The number of carbonyl (C=O) groups excluding carboxylic acids is 1. The van der Waals surface area contributed by atoms with E-state index in [0.717, 1.165) is 19.3 Å². The maximum Gasteiger partial charge on any atom is 0.253 e. The van der Waals surface area contributed by atoms with Crippen LogP contribution in [0.1, 0.15) is 39.7 Å². The maximum atomic E-state index is 12.4. The van der Waals surface area contributed by atoms with E-state index in [4.69, 9.17) is 5.84 Å². The minimum atomic E-state index is -0.0809. The lowest BCUT2D eigenvalue weighted by Crippen LogP contribution is -2.31. The SMILES string of the molecule is NNc1ccccc1C(=O)NC1CCCc2sccc21. The first-order valence-corrected chi connectivity index (χ1v) is 7.60. The van der Waals surface area contributed by atoms with Crippen molar-refractivity contribution in [3.05, 3.63) is 51.7 Å². The molecule has 0 bridgehead atoms. The van der Waals surface area contributed by atoms with Crippen molar-refractivity contribution in [2.45, 2.75) is 25.3 Å². The number of rotatable bonds is 3. The number of anilines is 1. The van der Waals surface area contributed by atoms with Gasteiger partial charge in [0.05, 0.1) is 17.3 Å². The van der Waals surface area contributed by atoms with Crippen LogP contribution in [0.3, 0.4) is 0 Å². The summed E-state index contributed by atoms with van der Waals surface area (Å²) in [5, 5.41) is 5.23. The van der Waals surface area contributed by atoms with Crippen molar-refractivity contribution in [1.29, 1.82) is 0 Å². The molecule has 104 valence electrons. The van der Waals surface area contributed by atoms with Gasteiger partial charge in [-0.05, 0) is 48.4 Å². The number of hydrogen-bond donors (Lipinski definition) is 3. The van der Waals surface area contributed by atoms with Gasteiger partial charge in [-0.2, -0.15) is 0 Å². The van der Waals surface area contributed by atoms with Gasteiger partial charge in [0.1, 0.15) is 0 Å². The van der Waals surface area contributed by atoms with E-state index < -0.39 is 0 Å².